The van der Waals surface area contributed by atoms with E-state index in [9.17, 15) is 0 Å². The van der Waals surface area contributed by atoms with Crippen LogP contribution in [0.3, 0.4) is 0 Å². The second-order valence-corrected chi connectivity index (χ2v) is 8.76. The van der Waals surface area contributed by atoms with Crippen LogP contribution in [0.25, 0.3) is 0 Å². The van der Waals surface area contributed by atoms with Crippen molar-refractivity contribution in [3.8, 4) is 0 Å². The number of hydrogen-bond donors (Lipinski definition) is 1. The Bertz CT molecular complexity index is 251. The molecule has 0 amide bonds. The van der Waals surface area contributed by atoms with Crippen LogP contribution >= 0.6 is 0 Å². The molecule has 0 aromatic carbocycles. The van der Waals surface area contributed by atoms with Crippen LogP contribution in [0.1, 0.15) is 80.1 Å². The Morgan fingerprint density at radius 2 is 1.80 bits per heavy atom. The van der Waals surface area contributed by atoms with Gasteiger partial charge in [0.05, 0.1) is 0 Å². The van der Waals surface area contributed by atoms with Crippen molar-refractivity contribution < 1.29 is 0 Å². The average Bonchev–Trinajstić information content (AvgIpc) is 2.36. The second kappa shape index (κ2) is 8.41. The summed E-state index contributed by atoms with van der Waals surface area (Å²) in [5.41, 5.74) is 0.495. The third-order valence-electron chi connectivity index (χ3n) is 5.05. The van der Waals surface area contributed by atoms with Gasteiger partial charge in [0.2, 0.25) is 0 Å². The Kier molecular flexibility index (Phi) is 7.58. The normalized spacial score (nSPS) is 28.1. The highest BCUT2D eigenvalue weighted by Gasteiger charge is 2.30. The topological polar surface area (TPSA) is 12.0 Å². The van der Waals surface area contributed by atoms with E-state index in [1.807, 2.05) is 0 Å². The zero-order chi connectivity index (χ0) is 15.2. The van der Waals surface area contributed by atoms with Crippen molar-refractivity contribution in [1.82, 2.24) is 5.32 Å². The second-order valence-electron chi connectivity index (χ2n) is 8.76. The molecule has 1 fully saturated rings. The minimum atomic E-state index is 0.495. The summed E-state index contributed by atoms with van der Waals surface area (Å²) in [5.74, 6) is 3.67. The fourth-order valence-corrected chi connectivity index (χ4v) is 3.59. The van der Waals surface area contributed by atoms with Crippen LogP contribution in [-0.4, -0.2) is 13.1 Å². The Labute approximate surface area is 128 Å². The highest BCUT2D eigenvalue weighted by Crippen LogP contribution is 2.39. The van der Waals surface area contributed by atoms with E-state index < -0.39 is 0 Å². The standard InChI is InChI=1S/C19H39N/c1-7-16-8-9-18(14-20-13-15(2)3)17(12-16)10-11-19(4,5)6/h15-18,20H,7-14H2,1-6H3. The van der Waals surface area contributed by atoms with Gasteiger partial charge in [-0.3, -0.25) is 0 Å². The molecule has 1 nitrogen and oxygen atoms in total. The van der Waals surface area contributed by atoms with Gasteiger partial charge in [-0.15, -0.1) is 0 Å². The van der Waals surface area contributed by atoms with Crippen LogP contribution in [-0.2, 0) is 0 Å². The first-order valence-corrected chi connectivity index (χ1v) is 9.02. The van der Waals surface area contributed by atoms with E-state index in [1.54, 1.807) is 0 Å². The molecule has 0 aliphatic heterocycles. The molecule has 3 unspecified atom stereocenters. The molecule has 1 aliphatic rings. The maximum absolute atomic E-state index is 3.71. The summed E-state index contributed by atoms with van der Waals surface area (Å²) < 4.78 is 0. The predicted octanol–water partition coefficient (Wildman–Crippen LogP) is 5.50. The van der Waals surface area contributed by atoms with Gasteiger partial charge >= 0.3 is 0 Å². The molecule has 1 saturated carbocycles. The molecule has 1 heteroatoms. The van der Waals surface area contributed by atoms with Gasteiger partial charge in [-0.2, -0.15) is 0 Å². The minimum absolute atomic E-state index is 0.495. The van der Waals surface area contributed by atoms with Gasteiger partial charge in [-0.25, -0.2) is 0 Å². The maximum Gasteiger partial charge on any atom is -0.00178 e. The van der Waals surface area contributed by atoms with Gasteiger partial charge in [-0.1, -0.05) is 54.4 Å². The van der Waals surface area contributed by atoms with E-state index in [4.69, 9.17) is 0 Å². The van der Waals surface area contributed by atoms with Gasteiger partial charge in [0.1, 0.15) is 0 Å². The van der Waals surface area contributed by atoms with Crippen molar-refractivity contribution in [2.45, 2.75) is 80.1 Å². The van der Waals surface area contributed by atoms with E-state index in [0.717, 1.165) is 23.7 Å². The van der Waals surface area contributed by atoms with Crippen LogP contribution in [0.2, 0.25) is 0 Å². The minimum Gasteiger partial charge on any atom is -0.316 e. The molecule has 0 radical (unpaired) electrons. The lowest BCUT2D eigenvalue weighted by Crippen LogP contribution is -2.35. The molecule has 0 aromatic rings. The molecule has 0 saturated heterocycles. The molecule has 0 spiro atoms. The Hall–Kier alpha value is -0.0400. The summed E-state index contributed by atoms with van der Waals surface area (Å²) in [5, 5.41) is 3.71. The Morgan fingerprint density at radius 1 is 1.10 bits per heavy atom. The molecule has 1 aliphatic carbocycles. The van der Waals surface area contributed by atoms with E-state index in [1.165, 1.54) is 51.6 Å². The van der Waals surface area contributed by atoms with Crippen LogP contribution in [0.4, 0.5) is 0 Å². The summed E-state index contributed by atoms with van der Waals surface area (Å²) in [6.07, 6.45) is 8.62. The maximum atomic E-state index is 3.71. The lowest BCUT2D eigenvalue weighted by atomic mass is 9.70. The van der Waals surface area contributed by atoms with E-state index in [-0.39, 0.29) is 0 Å². The molecule has 20 heavy (non-hydrogen) atoms. The first-order valence-electron chi connectivity index (χ1n) is 9.02. The Balaban J connectivity index is 2.46. The highest BCUT2D eigenvalue weighted by atomic mass is 14.9. The lowest BCUT2D eigenvalue weighted by Gasteiger charge is -2.37. The van der Waals surface area contributed by atoms with Gasteiger partial charge in [0.25, 0.3) is 0 Å². The first-order chi connectivity index (χ1) is 9.31. The van der Waals surface area contributed by atoms with Gasteiger partial charge in [0.15, 0.2) is 0 Å². The third-order valence-corrected chi connectivity index (χ3v) is 5.05. The highest BCUT2D eigenvalue weighted by molar-refractivity contribution is 4.82. The first kappa shape index (κ1) is 18.0. The monoisotopic (exact) mass is 281 g/mol. The van der Waals surface area contributed by atoms with Gasteiger partial charge in [-0.05, 0) is 67.9 Å². The summed E-state index contributed by atoms with van der Waals surface area (Å²) in [4.78, 5) is 0. The fourth-order valence-electron chi connectivity index (χ4n) is 3.59. The van der Waals surface area contributed by atoms with Crippen LogP contribution in [0.15, 0.2) is 0 Å². The molecule has 1 N–H and O–H groups in total. The van der Waals surface area contributed by atoms with Crippen LogP contribution < -0.4 is 5.32 Å². The third kappa shape index (κ3) is 7.11. The van der Waals surface area contributed by atoms with Crippen molar-refractivity contribution in [3.05, 3.63) is 0 Å². The fraction of sp³-hybridized carbons (Fsp3) is 1.00. The smallest absolute Gasteiger partial charge is 0.00178 e. The zero-order valence-corrected chi connectivity index (χ0v) is 15.0. The summed E-state index contributed by atoms with van der Waals surface area (Å²) >= 11 is 0. The van der Waals surface area contributed by atoms with E-state index >= 15 is 0 Å². The number of rotatable bonds is 7. The summed E-state index contributed by atoms with van der Waals surface area (Å²) in [6.45, 7) is 16.6. The Morgan fingerprint density at radius 3 is 2.35 bits per heavy atom. The quantitative estimate of drug-likeness (QED) is 0.649. The largest absolute Gasteiger partial charge is 0.316 e. The number of hydrogen-bond acceptors (Lipinski definition) is 1. The molecule has 3 atom stereocenters. The van der Waals surface area contributed by atoms with Crippen molar-refractivity contribution in [3.63, 3.8) is 0 Å². The van der Waals surface area contributed by atoms with Crippen molar-refractivity contribution in [2.75, 3.05) is 13.1 Å². The zero-order valence-electron chi connectivity index (χ0n) is 15.0. The van der Waals surface area contributed by atoms with Crippen molar-refractivity contribution in [1.29, 1.82) is 0 Å². The molecule has 0 aromatic heterocycles. The van der Waals surface area contributed by atoms with Gasteiger partial charge < -0.3 is 5.32 Å². The molecular weight excluding hydrogens is 242 g/mol. The van der Waals surface area contributed by atoms with Crippen molar-refractivity contribution in [2.24, 2.45) is 29.1 Å². The predicted molar refractivity (Wildman–Crippen MR) is 91.0 cm³/mol. The molecule has 0 bridgehead atoms. The van der Waals surface area contributed by atoms with E-state index in [0.29, 0.717) is 5.41 Å². The molecular formula is C19H39N. The van der Waals surface area contributed by atoms with Crippen LogP contribution in [0.5, 0.6) is 0 Å². The SMILES string of the molecule is CCC1CCC(CNCC(C)C)C(CCC(C)(C)C)C1. The van der Waals surface area contributed by atoms with Crippen molar-refractivity contribution >= 4 is 0 Å². The summed E-state index contributed by atoms with van der Waals surface area (Å²) in [6, 6.07) is 0. The van der Waals surface area contributed by atoms with Gasteiger partial charge in [0, 0.05) is 0 Å². The molecule has 1 rings (SSSR count). The lowest BCUT2D eigenvalue weighted by molar-refractivity contribution is 0.147. The molecule has 0 heterocycles. The van der Waals surface area contributed by atoms with Crippen LogP contribution in [0, 0.1) is 29.1 Å². The number of nitrogens with one attached hydrogen (secondary N) is 1. The summed E-state index contributed by atoms with van der Waals surface area (Å²) in [7, 11) is 0. The molecule has 120 valence electrons. The van der Waals surface area contributed by atoms with E-state index in [2.05, 4.69) is 46.9 Å². The average molecular weight is 282 g/mol.